The Morgan fingerprint density at radius 3 is 2.75 bits per heavy atom. The molecular weight excluding hydrogens is 190 g/mol. The van der Waals surface area contributed by atoms with Crippen molar-refractivity contribution in [2.75, 3.05) is 19.4 Å². The Morgan fingerprint density at radius 2 is 2.33 bits per heavy atom. The lowest BCUT2D eigenvalue weighted by molar-refractivity contribution is 0.633. The fourth-order valence-corrected chi connectivity index (χ4v) is 1.46. The quantitative estimate of drug-likeness (QED) is 0.700. The van der Waals surface area contributed by atoms with Crippen LogP contribution in [0, 0.1) is 6.92 Å². The third kappa shape index (κ3) is 2.42. The van der Waals surface area contributed by atoms with E-state index in [1.54, 1.807) is 11.3 Å². The molecule has 0 bridgehead atoms. The van der Waals surface area contributed by atoms with Gasteiger partial charge in [0.25, 0.3) is 0 Å². The highest BCUT2D eigenvalue weighted by Gasteiger charge is 2.01. The fraction of sp³-hybridized carbons (Fsp3) is 0.429. The zero-order valence-corrected chi connectivity index (χ0v) is 8.92. The second kappa shape index (κ2) is 3.82. The number of aromatic nitrogens is 1. The Morgan fingerprint density at radius 1 is 1.67 bits per heavy atom. The number of thiocarbonyl (C=S) groups is 1. The van der Waals surface area contributed by atoms with Crippen LogP contribution in [0.25, 0.3) is 0 Å². The largest absolute Gasteiger partial charge is 0.355 e. The Bertz CT molecular complexity index is 280. The third-order valence-corrected chi connectivity index (χ3v) is 2.58. The smallest absolute Gasteiger partial charge is 0.189 e. The molecule has 0 saturated carbocycles. The van der Waals surface area contributed by atoms with Crippen LogP contribution in [0.5, 0.6) is 0 Å². The first-order valence-corrected chi connectivity index (χ1v) is 4.79. The zero-order chi connectivity index (χ0) is 9.14. The van der Waals surface area contributed by atoms with Crippen molar-refractivity contribution < 1.29 is 0 Å². The van der Waals surface area contributed by atoms with Crippen LogP contribution < -0.4 is 5.32 Å². The van der Waals surface area contributed by atoms with Crippen molar-refractivity contribution in [3.63, 3.8) is 0 Å². The summed E-state index contributed by atoms with van der Waals surface area (Å²) in [6, 6.07) is 0. The van der Waals surface area contributed by atoms with Crippen LogP contribution in [-0.2, 0) is 0 Å². The van der Waals surface area contributed by atoms with E-state index in [-0.39, 0.29) is 0 Å². The van der Waals surface area contributed by atoms with Crippen molar-refractivity contribution in [2.45, 2.75) is 6.92 Å². The minimum absolute atomic E-state index is 0.685. The number of aryl methyl sites for hydroxylation is 1. The molecule has 0 aliphatic heterocycles. The van der Waals surface area contributed by atoms with E-state index < -0.39 is 0 Å². The predicted molar refractivity (Wildman–Crippen MR) is 56.8 cm³/mol. The van der Waals surface area contributed by atoms with E-state index in [4.69, 9.17) is 12.2 Å². The lowest BCUT2D eigenvalue weighted by atomic mass is 10.6. The molecule has 0 atom stereocenters. The molecule has 12 heavy (non-hydrogen) atoms. The summed E-state index contributed by atoms with van der Waals surface area (Å²) < 4.78 is 0. The van der Waals surface area contributed by atoms with Gasteiger partial charge in [0.1, 0.15) is 0 Å². The Balaban J connectivity index is 2.58. The summed E-state index contributed by atoms with van der Waals surface area (Å²) in [5, 5.41) is 6.55. The summed E-state index contributed by atoms with van der Waals surface area (Å²) in [6.45, 7) is 1.96. The van der Waals surface area contributed by atoms with Crippen LogP contribution in [0.2, 0.25) is 0 Å². The second-order valence-electron chi connectivity index (χ2n) is 2.62. The average Bonchev–Trinajstić information content (AvgIpc) is 2.35. The molecule has 0 unspecified atom stereocenters. The van der Waals surface area contributed by atoms with Gasteiger partial charge in [-0.25, -0.2) is 4.98 Å². The standard InChI is InChI=1S/C7H11N3S2/c1-5-4-12-6(8-5)9-7(11)10(2)3/h4H,1-3H3,(H,8,9,11). The van der Waals surface area contributed by atoms with E-state index in [2.05, 4.69) is 10.3 Å². The number of rotatable bonds is 1. The molecule has 0 aliphatic rings. The van der Waals surface area contributed by atoms with Crippen molar-refractivity contribution >= 4 is 33.8 Å². The SMILES string of the molecule is Cc1csc(NC(=S)N(C)C)n1. The van der Waals surface area contributed by atoms with Crippen molar-refractivity contribution in [3.05, 3.63) is 11.1 Å². The molecular formula is C7H11N3S2. The van der Waals surface area contributed by atoms with Crippen LogP contribution in [0.4, 0.5) is 5.13 Å². The van der Waals surface area contributed by atoms with E-state index in [1.807, 2.05) is 31.3 Å². The van der Waals surface area contributed by atoms with Crippen molar-refractivity contribution in [1.29, 1.82) is 0 Å². The maximum atomic E-state index is 5.05. The highest BCUT2D eigenvalue weighted by Crippen LogP contribution is 2.14. The molecule has 5 heteroatoms. The van der Waals surface area contributed by atoms with Crippen molar-refractivity contribution in [3.8, 4) is 0 Å². The molecule has 66 valence electrons. The molecule has 0 saturated heterocycles. The van der Waals surface area contributed by atoms with Crippen LogP contribution in [0.3, 0.4) is 0 Å². The van der Waals surface area contributed by atoms with Gasteiger partial charge >= 0.3 is 0 Å². The summed E-state index contributed by atoms with van der Waals surface area (Å²) in [5.74, 6) is 0. The predicted octanol–water partition coefficient (Wildman–Crippen LogP) is 1.71. The van der Waals surface area contributed by atoms with E-state index in [0.717, 1.165) is 10.8 Å². The number of hydrogen-bond acceptors (Lipinski definition) is 3. The Hall–Kier alpha value is -0.680. The maximum absolute atomic E-state index is 5.05. The molecule has 0 radical (unpaired) electrons. The number of nitrogens with zero attached hydrogens (tertiary/aromatic N) is 2. The van der Waals surface area contributed by atoms with Gasteiger partial charge in [-0.1, -0.05) is 0 Å². The highest BCUT2D eigenvalue weighted by molar-refractivity contribution is 7.80. The summed E-state index contributed by atoms with van der Waals surface area (Å²) in [7, 11) is 3.80. The van der Waals surface area contributed by atoms with E-state index in [0.29, 0.717) is 5.11 Å². The fourth-order valence-electron chi connectivity index (χ4n) is 0.615. The van der Waals surface area contributed by atoms with Crippen LogP contribution in [-0.4, -0.2) is 29.1 Å². The van der Waals surface area contributed by atoms with Gasteiger partial charge in [-0.2, -0.15) is 0 Å². The maximum Gasteiger partial charge on any atom is 0.189 e. The number of anilines is 1. The van der Waals surface area contributed by atoms with Gasteiger partial charge in [0.2, 0.25) is 0 Å². The van der Waals surface area contributed by atoms with Crippen LogP contribution in [0.15, 0.2) is 5.38 Å². The molecule has 0 spiro atoms. The molecule has 0 fully saturated rings. The average molecular weight is 201 g/mol. The Labute approximate surface area is 81.4 Å². The van der Waals surface area contributed by atoms with Gasteiger partial charge in [-0.05, 0) is 19.1 Å². The Kier molecular flexibility index (Phi) is 2.99. The molecule has 0 aromatic carbocycles. The molecule has 1 aromatic rings. The van der Waals surface area contributed by atoms with Crippen LogP contribution >= 0.6 is 23.6 Å². The van der Waals surface area contributed by atoms with Crippen molar-refractivity contribution in [1.82, 2.24) is 9.88 Å². The van der Waals surface area contributed by atoms with Gasteiger partial charge in [-0.15, -0.1) is 11.3 Å². The molecule has 3 nitrogen and oxygen atoms in total. The topological polar surface area (TPSA) is 28.2 Å². The summed E-state index contributed by atoms with van der Waals surface area (Å²) in [4.78, 5) is 6.07. The molecule has 1 aromatic heterocycles. The van der Waals surface area contributed by atoms with E-state index in [1.165, 1.54) is 0 Å². The van der Waals surface area contributed by atoms with Gasteiger partial charge < -0.3 is 10.2 Å². The molecule has 0 amide bonds. The van der Waals surface area contributed by atoms with E-state index in [9.17, 15) is 0 Å². The molecule has 1 N–H and O–H groups in total. The van der Waals surface area contributed by atoms with Gasteiger partial charge in [0.05, 0.1) is 5.69 Å². The summed E-state index contributed by atoms with van der Waals surface area (Å²) >= 11 is 6.61. The molecule has 0 aliphatic carbocycles. The first-order valence-electron chi connectivity index (χ1n) is 3.50. The number of nitrogens with one attached hydrogen (secondary N) is 1. The number of thiazole rings is 1. The van der Waals surface area contributed by atoms with Gasteiger partial charge in [0, 0.05) is 19.5 Å². The minimum atomic E-state index is 0.685. The first-order chi connectivity index (χ1) is 5.59. The zero-order valence-electron chi connectivity index (χ0n) is 7.29. The number of hydrogen-bond donors (Lipinski definition) is 1. The normalized spacial score (nSPS) is 9.58. The van der Waals surface area contributed by atoms with E-state index >= 15 is 0 Å². The third-order valence-electron chi connectivity index (χ3n) is 1.24. The monoisotopic (exact) mass is 201 g/mol. The molecule has 1 heterocycles. The second-order valence-corrected chi connectivity index (χ2v) is 3.86. The highest BCUT2D eigenvalue weighted by atomic mass is 32.1. The summed E-state index contributed by atoms with van der Waals surface area (Å²) in [5.41, 5.74) is 1.02. The summed E-state index contributed by atoms with van der Waals surface area (Å²) in [6.07, 6.45) is 0. The van der Waals surface area contributed by atoms with Crippen LogP contribution in [0.1, 0.15) is 5.69 Å². The molecule has 1 rings (SSSR count). The minimum Gasteiger partial charge on any atom is -0.355 e. The first kappa shape index (κ1) is 9.41. The lowest BCUT2D eigenvalue weighted by Crippen LogP contribution is -2.26. The van der Waals surface area contributed by atoms with Gasteiger partial charge in [0.15, 0.2) is 10.2 Å². The van der Waals surface area contributed by atoms with Gasteiger partial charge in [-0.3, -0.25) is 0 Å². The lowest BCUT2D eigenvalue weighted by Gasteiger charge is -2.12. The van der Waals surface area contributed by atoms with Crippen molar-refractivity contribution in [2.24, 2.45) is 0 Å².